The molecule has 5 heteroatoms. The van der Waals surface area contributed by atoms with E-state index in [-0.39, 0.29) is 5.56 Å². The number of fused-ring (bicyclic) bond motifs is 1. The zero-order valence-electron chi connectivity index (χ0n) is 10.4. The van der Waals surface area contributed by atoms with Crippen molar-refractivity contribution in [3.05, 3.63) is 22.6 Å². The molecule has 5 nitrogen and oxygen atoms in total. The molecule has 2 unspecified atom stereocenters. The molecule has 0 radical (unpaired) electrons. The highest BCUT2D eigenvalue weighted by molar-refractivity contribution is 5.43. The van der Waals surface area contributed by atoms with Crippen LogP contribution in [0.1, 0.15) is 32.1 Å². The van der Waals surface area contributed by atoms with Crippen molar-refractivity contribution in [1.29, 1.82) is 0 Å². The van der Waals surface area contributed by atoms with Crippen LogP contribution in [0.5, 0.6) is 0 Å². The second-order valence-corrected chi connectivity index (χ2v) is 5.55. The second kappa shape index (κ2) is 4.39. The Morgan fingerprint density at radius 3 is 3.17 bits per heavy atom. The lowest BCUT2D eigenvalue weighted by Gasteiger charge is -2.48. The average Bonchev–Trinajstić information content (AvgIpc) is 2.37. The van der Waals surface area contributed by atoms with Crippen LogP contribution >= 0.6 is 0 Å². The van der Waals surface area contributed by atoms with Gasteiger partial charge in [-0.3, -0.25) is 4.79 Å². The third kappa shape index (κ3) is 2.03. The summed E-state index contributed by atoms with van der Waals surface area (Å²) in [5, 5.41) is 16.8. The predicted molar refractivity (Wildman–Crippen MR) is 68.6 cm³/mol. The van der Waals surface area contributed by atoms with Crippen LogP contribution in [0.2, 0.25) is 0 Å². The lowest BCUT2D eigenvalue weighted by Crippen LogP contribution is -2.53. The van der Waals surface area contributed by atoms with Crippen LogP contribution in [-0.2, 0) is 0 Å². The van der Waals surface area contributed by atoms with E-state index in [9.17, 15) is 9.90 Å². The molecule has 3 rings (SSSR count). The molecule has 98 valence electrons. The van der Waals surface area contributed by atoms with Crippen molar-refractivity contribution in [1.82, 2.24) is 10.2 Å². The largest absolute Gasteiger partial charge is 0.389 e. The van der Waals surface area contributed by atoms with Gasteiger partial charge in [-0.1, -0.05) is 12.8 Å². The number of hydrogen-bond donors (Lipinski definition) is 2. The van der Waals surface area contributed by atoms with Gasteiger partial charge in [0.1, 0.15) is 0 Å². The molecule has 0 amide bonds. The van der Waals surface area contributed by atoms with Gasteiger partial charge in [0.05, 0.1) is 17.5 Å². The minimum Gasteiger partial charge on any atom is -0.389 e. The summed E-state index contributed by atoms with van der Waals surface area (Å²) in [6.45, 7) is 1.64. The number of anilines is 1. The van der Waals surface area contributed by atoms with Gasteiger partial charge in [-0.15, -0.1) is 0 Å². The second-order valence-electron chi connectivity index (χ2n) is 5.55. The molecule has 0 bridgehead atoms. The fourth-order valence-electron chi connectivity index (χ4n) is 3.34. The first-order valence-corrected chi connectivity index (χ1v) is 6.69. The molecule has 2 aliphatic rings. The van der Waals surface area contributed by atoms with E-state index in [1.807, 2.05) is 0 Å². The Bertz CT molecular complexity index is 487. The van der Waals surface area contributed by atoms with Gasteiger partial charge >= 0.3 is 0 Å². The molecule has 0 aromatic carbocycles. The summed E-state index contributed by atoms with van der Waals surface area (Å²) in [5.74, 6) is 0.333. The molecule has 2 heterocycles. The van der Waals surface area contributed by atoms with E-state index in [2.05, 4.69) is 15.1 Å². The molecule has 1 aromatic heterocycles. The van der Waals surface area contributed by atoms with Crippen LogP contribution < -0.4 is 10.5 Å². The number of H-pyrrole nitrogens is 1. The fourth-order valence-corrected chi connectivity index (χ4v) is 3.34. The molecular formula is C13H19N3O2. The number of nitrogens with zero attached hydrogens (tertiary/aromatic N) is 2. The first-order valence-electron chi connectivity index (χ1n) is 6.69. The number of rotatable bonds is 1. The summed E-state index contributed by atoms with van der Waals surface area (Å²) in [7, 11) is 0. The van der Waals surface area contributed by atoms with Gasteiger partial charge in [0.25, 0.3) is 5.56 Å². The number of nitrogens with one attached hydrogen (secondary N) is 1. The van der Waals surface area contributed by atoms with Gasteiger partial charge in [0, 0.05) is 25.1 Å². The van der Waals surface area contributed by atoms with Crippen molar-refractivity contribution in [2.24, 2.45) is 5.92 Å². The van der Waals surface area contributed by atoms with Gasteiger partial charge in [0.2, 0.25) is 0 Å². The zero-order chi connectivity index (χ0) is 12.6. The van der Waals surface area contributed by atoms with Gasteiger partial charge < -0.3 is 10.0 Å². The minimum atomic E-state index is -0.469. The average molecular weight is 249 g/mol. The molecule has 18 heavy (non-hydrogen) atoms. The molecule has 1 saturated heterocycles. The fraction of sp³-hybridized carbons (Fsp3) is 0.692. The topological polar surface area (TPSA) is 69.2 Å². The highest BCUT2D eigenvalue weighted by atomic mass is 16.3. The van der Waals surface area contributed by atoms with Crippen LogP contribution in [0, 0.1) is 5.92 Å². The number of hydrogen-bond acceptors (Lipinski definition) is 4. The third-order valence-corrected chi connectivity index (χ3v) is 4.44. The maximum atomic E-state index is 11.3. The van der Waals surface area contributed by atoms with Crippen LogP contribution in [0.15, 0.2) is 17.1 Å². The summed E-state index contributed by atoms with van der Waals surface area (Å²) in [6, 6.07) is 1.58. The van der Waals surface area contributed by atoms with Crippen LogP contribution in [0.25, 0.3) is 0 Å². The van der Waals surface area contributed by atoms with Crippen molar-refractivity contribution in [3.8, 4) is 0 Å². The molecule has 1 aromatic rings. The van der Waals surface area contributed by atoms with Gasteiger partial charge in [-0.2, -0.15) is 5.10 Å². The number of aliphatic hydroxyl groups is 1. The summed E-state index contributed by atoms with van der Waals surface area (Å²) < 4.78 is 0. The molecule has 1 aliphatic carbocycles. The van der Waals surface area contributed by atoms with E-state index in [4.69, 9.17) is 0 Å². The van der Waals surface area contributed by atoms with Crippen molar-refractivity contribution >= 4 is 5.69 Å². The van der Waals surface area contributed by atoms with Crippen LogP contribution in [0.3, 0.4) is 0 Å². The van der Waals surface area contributed by atoms with Crippen molar-refractivity contribution in [2.45, 2.75) is 37.7 Å². The SMILES string of the molecule is O=c1cc(N2CCC3(O)CCCCC3C2)cn[nH]1. The zero-order valence-corrected chi connectivity index (χ0v) is 10.4. The Balaban J connectivity index is 1.79. The number of aromatic amines is 1. The monoisotopic (exact) mass is 249 g/mol. The lowest BCUT2D eigenvalue weighted by molar-refractivity contribution is -0.0612. The van der Waals surface area contributed by atoms with Gasteiger partial charge in [-0.05, 0) is 19.3 Å². The van der Waals surface area contributed by atoms with Gasteiger partial charge in [0.15, 0.2) is 0 Å². The summed E-state index contributed by atoms with van der Waals surface area (Å²) in [5.41, 5.74) is 0.229. The first-order chi connectivity index (χ1) is 8.67. The Morgan fingerprint density at radius 1 is 1.44 bits per heavy atom. The highest BCUT2D eigenvalue weighted by Crippen LogP contribution is 2.40. The van der Waals surface area contributed by atoms with E-state index in [0.717, 1.165) is 44.5 Å². The maximum Gasteiger partial charge on any atom is 0.266 e. The van der Waals surface area contributed by atoms with E-state index in [0.29, 0.717) is 5.92 Å². The van der Waals surface area contributed by atoms with E-state index >= 15 is 0 Å². The standard InChI is InChI=1S/C13H19N3O2/c17-12-7-11(8-14-15-12)16-6-5-13(18)4-2-1-3-10(13)9-16/h7-8,10,18H,1-6,9H2,(H,15,17). The molecule has 0 spiro atoms. The third-order valence-electron chi connectivity index (χ3n) is 4.44. The van der Waals surface area contributed by atoms with E-state index in [1.54, 1.807) is 12.3 Å². The lowest BCUT2D eigenvalue weighted by atomic mass is 9.71. The Kier molecular flexibility index (Phi) is 2.86. The van der Waals surface area contributed by atoms with Crippen molar-refractivity contribution < 1.29 is 5.11 Å². The molecule has 1 aliphatic heterocycles. The molecule has 1 saturated carbocycles. The van der Waals surface area contributed by atoms with Crippen LogP contribution in [0.4, 0.5) is 5.69 Å². The van der Waals surface area contributed by atoms with Gasteiger partial charge in [-0.25, -0.2) is 5.10 Å². The summed E-state index contributed by atoms with van der Waals surface area (Å²) in [4.78, 5) is 13.5. The smallest absolute Gasteiger partial charge is 0.266 e. The van der Waals surface area contributed by atoms with Crippen molar-refractivity contribution in [2.75, 3.05) is 18.0 Å². The molecular weight excluding hydrogens is 230 g/mol. The van der Waals surface area contributed by atoms with Crippen molar-refractivity contribution in [3.63, 3.8) is 0 Å². The first kappa shape index (κ1) is 11.7. The number of aromatic nitrogens is 2. The minimum absolute atomic E-state index is 0.169. The Labute approximate surface area is 106 Å². The van der Waals surface area contributed by atoms with E-state index < -0.39 is 5.60 Å². The predicted octanol–water partition coefficient (Wildman–Crippen LogP) is 0.901. The normalized spacial score (nSPS) is 32.1. The Hall–Kier alpha value is -1.36. The number of piperidine rings is 1. The molecule has 2 N–H and O–H groups in total. The Morgan fingerprint density at radius 2 is 2.33 bits per heavy atom. The quantitative estimate of drug-likeness (QED) is 0.776. The summed E-state index contributed by atoms with van der Waals surface area (Å²) in [6.07, 6.45) is 6.84. The molecule has 2 atom stereocenters. The molecule has 2 fully saturated rings. The summed E-state index contributed by atoms with van der Waals surface area (Å²) >= 11 is 0. The van der Waals surface area contributed by atoms with E-state index in [1.165, 1.54) is 6.42 Å². The van der Waals surface area contributed by atoms with Crippen LogP contribution in [-0.4, -0.2) is 34.0 Å². The highest BCUT2D eigenvalue weighted by Gasteiger charge is 2.42. The maximum absolute atomic E-state index is 11.3.